The minimum atomic E-state index is -0.904. The van der Waals surface area contributed by atoms with Gasteiger partial charge in [-0.15, -0.1) is 0 Å². The smallest absolute Gasteiger partial charge is 0.307 e. The Bertz CT molecular complexity index is 1170. The average Bonchev–Trinajstić information content (AvgIpc) is 3.33. The number of ether oxygens (including phenoxy) is 2. The monoisotopic (exact) mass is 950 g/mol. The minimum absolute atomic E-state index is 0.165. The van der Waals surface area contributed by atoms with Gasteiger partial charge in [0.05, 0.1) is 24.7 Å². The Hall–Kier alpha value is -2.21. The minimum Gasteiger partial charge on any atom is -0.466 e. The highest BCUT2D eigenvalue weighted by atomic mass is 16.5. The first-order valence-electron chi connectivity index (χ1n) is 29.4. The van der Waals surface area contributed by atoms with Gasteiger partial charge < -0.3 is 19.5 Å². The van der Waals surface area contributed by atoms with Gasteiger partial charge in [-0.05, 0) is 130 Å². The molecule has 0 rings (SSSR count). The SMILES string of the molecule is CCCCC/C=C\C/C=C\CCCCCCCCOC(CCOC(=O)CCN(C)C)C(O)(CCCCCCCC/C=C\C/C=C\CCCCC)CCCCCCCC/C=C\C/C=C\CCCCC. The van der Waals surface area contributed by atoms with E-state index in [1.807, 2.05) is 19.0 Å². The van der Waals surface area contributed by atoms with Crippen molar-refractivity contribution in [1.29, 1.82) is 0 Å². The van der Waals surface area contributed by atoms with Crippen LogP contribution in [0.1, 0.15) is 278 Å². The van der Waals surface area contributed by atoms with Crippen molar-refractivity contribution in [2.24, 2.45) is 0 Å². The van der Waals surface area contributed by atoms with E-state index in [0.29, 0.717) is 32.6 Å². The molecule has 0 amide bonds. The normalized spacial score (nSPS) is 13.2. The van der Waals surface area contributed by atoms with Crippen molar-refractivity contribution in [3.05, 3.63) is 72.9 Å². The molecule has 0 heterocycles. The first kappa shape index (κ1) is 65.8. The molecule has 0 bridgehead atoms. The van der Waals surface area contributed by atoms with Crippen LogP contribution < -0.4 is 0 Å². The molecule has 0 fully saturated rings. The van der Waals surface area contributed by atoms with E-state index in [1.54, 1.807) is 0 Å². The third-order valence-electron chi connectivity index (χ3n) is 13.3. The Morgan fingerprint density at radius 2 is 0.765 bits per heavy atom. The predicted octanol–water partition coefficient (Wildman–Crippen LogP) is 19.2. The second-order valence-electron chi connectivity index (χ2n) is 20.3. The molecule has 68 heavy (non-hydrogen) atoms. The summed E-state index contributed by atoms with van der Waals surface area (Å²) in [7, 11) is 3.96. The van der Waals surface area contributed by atoms with Crippen LogP contribution in [0.25, 0.3) is 0 Å². The first-order chi connectivity index (χ1) is 33.4. The molecule has 1 atom stereocenters. The highest BCUT2D eigenvalue weighted by molar-refractivity contribution is 5.69. The molecular formula is C63H115NO4. The van der Waals surface area contributed by atoms with Gasteiger partial charge in [0.25, 0.3) is 0 Å². The number of nitrogens with zero attached hydrogens (tertiary/aromatic N) is 1. The summed E-state index contributed by atoms with van der Waals surface area (Å²) >= 11 is 0. The summed E-state index contributed by atoms with van der Waals surface area (Å²) in [6.07, 6.45) is 73.8. The van der Waals surface area contributed by atoms with E-state index < -0.39 is 5.60 Å². The molecular weight excluding hydrogens is 835 g/mol. The van der Waals surface area contributed by atoms with Crippen LogP contribution in [-0.2, 0) is 14.3 Å². The van der Waals surface area contributed by atoms with Gasteiger partial charge in [-0.2, -0.15) is 0 Å². The molecule has 396 valence electrons. The Morgan fingerprint density at radius 1 is 0.441 bits per heavy atom. The quantitative estimate of drug-likeness (QED) is 0.0374. The van der Waals surface area contributed by atoms with Crippen molar-refractivity contribution in [3.8, 4) is 0 Å². The maximum Gasteiger partial charge on any atom is 0.307 e. The molecule has 0 saturated heterocycles. The molecule has 0 aromatic heterocycles. The average molecular weight is 951 g/mol. The number of hydrogen-bond acceptors (Lipinski definition) is 5. The number of esters is 1. The summed E-state index contributed by atoms with van der Waals surface area (Å²) in [5.41, 5.74) is -0.904. The number of allylic oxidation sites excluding steroid dienone is 12. The third kappa shape index (κ3) is 48.8. The maximum absolute atomic E-state index is 12.6. The molecule has 0 aromatic rings. The fourth-order valence-electron chi connectivity index (χ4n) is 8.78. The van der Waals surface area contributed by atoms with E-state index in [4.69, 9.17) is 9.47 Å². The molecule has 0 aliphatic heterocycles. The van der Waals surface area contributed by atoms with Crippen LogP contribution in [0.2, 0.25) is 0 Å². The zero-order chi connectivity index (χ0) is 49.5. The highest BCUT2D eigenvalue weighted by Crippen LogP contribution is 2.31. The van der Waals surface area contributed by atoms with Crippen molar-refractivity contribution in [3.63, 3.8) is 0 Å². The molecule has 0 aromatic carbocycles. The maximum atomic E-state index is 12.6. The van der Waals surface area contributed by atoms with Crippen molar-refractivity contribution in [1.82, 2.24) is 4.90 Å². The summed E-state index contributed by atoms with van der Waals surface area (Å²) in [5, 5.41) is 12.6. The van der Waals surface area contributed by atoms with Crippen molar-refractivity contribution in [2.75, 3.05) is 33.9 Å². The van der Waals surface area contributed by atoms with Crippen molar-refractivity contribution < 1.29 is 19.4 Å². The fraction of sp³-hybridized carbons (Fsp3) is 0.794. The number of rotatable bonds is 53. The second-order valence-corrected chi connectivity index (χ2v) is 20.3. The molecule has 0 aliphatic rings. The van der Waals surface area contributed by atoms with Gasteiger partial charge in [0.15, 0.2) is 0 Å². The Balaban J connectivity index is 5.13. The van der Waals surface area contributed by atoms with Crippen LogP contribution in [0.15, 0.2) is 72.9 Å². The zero-order valence-corrected chi connectivity index (χ0v) is 46.0. The summed E-state index contributed by atoms with van der Waals surface area (Å²) in [6.45, 7) is 8.42. The third-order valence-corrected chi connectivity index (χ3v) is 13.3. The standard InChI is InChI=1S/C63H115NO4/c1-6-9-12-15-18-21-24-27-30-33-36-39-42-45-48-51-56-63(66,57-52-49-46-43-40-37-34-31-28-25-22-19-16-13-10-7-2)61(55-60-68-62(65)54-58-64(4)5)67-59-53-50-47-44-41-38-35-32-29-26-23-20-17-14-11-8-3/h18-23,27-32,61,66H,6-17,24-26,33-60H2,1-5H3/b21-18-,22-19-,23-20-,30-27-,31-28-,32-29-. The van der Waals surface area contributed by atoms with E-state index in [2.05, 4.69) is 93.7 Å². The Kier molecular flexibility index (Phi) is 52.4. The predicted molar refractivity (Wildman–Crippen MR) is 301 cm³/mol. The lowest BCUT2D eigenvalue weighted by Crippen LogP contribution is -2.45. The van der Waals surface area contributed by atoms with E-state index in [9.17, 15) is 9.90 Å². The zero-order valence-electron chi connectivity index (χ0n) is 46.0. The van der Waals surface area contributed by atoms with E-state index in [-0.39, 0.29) is 12.1 Å². The summed E-state index contributed by atoms with van der Waals surface area (Å²) in [4.78, 5) is 14.6. The van der Waals surface area contributed by atoms with E-state index in [0.717, 1.165) is 70.6 Å². The lowest BCUT2D eigenvalue weighted by Gasteiger charge is -2.37. The van der Waals surface area contributed by atoms with Crippen LogP contribution in [0.3, 0.4) is 0 Å². The van der Waals surface area contributed by atoms with Gasteiger partial charge in [0, 0.05) is 19.6 Å². The largest absolute Gasteiger partial charge is 0.466 e. The topological polar surface area (TPSA) is 59.0 Å². The Labute approximate surface area is 424 Å². The lowest BCUT2D eigenvalue weighted by molar-refractivity contribution is -0.150. The van der Waals surface area contributed by atoms with Gasteiger partial charge in [0.2, 0.25) is 0 Å². The first-order valence-corrected chi connectivity index (χ1v) is 29.4. The number of unbranched alkanes of at least 4 members (excludes halogenated alkanes) is 27. The molecule has 0 spiro atoms. The summed E-state index contributed by atoms with van der Waals surface area (Å²) in [6, 6.07) is 0. The van der Waals surface area contributed by atoms with E-state index in [1.165, 1.54) is 173 Å². The van der Waals surface area contributed by atoms with Crippen molar-refractivity contribution in [2.45, 2.75) is 289 Å². The molecule has 1 unspecified atom stereocenters. The van der Waals surface area contributed by atoms with E-state index >= 15 is 0 Å². The van der Waals surface area contributed by atoms with Crippen LogP contribution in [0, 0.1) is 0 Å². The number of aliphatic hydroxyl groups is 1. The molecule has 0 radical (unpaired) electrons. The molecule has 0 aliphatic carbocycles. The molecule has 5 nitrogen and oxygen atoms in total. The van der Waals surface area contributed by atoms with Gasteiger partial charge in [-0.1, -0.05) is 222 Å². The number of hydrogen-bond donors (Lipinski definition) is 1. The molecule has 1 N–H and O–H groups in total. The van der Waals surface area contributed by atoms with Crippen LogP contribution in [0.4, 0.5) is 0 Å². The Morgan fingerprint density at radius 3 is 1.12 bits per heavy atom. The van der Waals surface area contributed by atoms with Crippen molar-refractivity contribution >= 4 is 5.97 Å². The second kappa shape index (κ2) is 54.1. The molecule has 5 heteroatoms. The van der Waals surface area contributed by atoms with Crippen LogP contribution >= 0.6 is 0 Å². The van der Waals surface area contributed by atoms with Crippen LogP contribution in [0.5, 0.6) is 0 Å². The summed E-state index contributed by atoms with van der Waals surface area (Å²) in [5.74, 6) is -0.165. The van der Waals surface area contributed by atoms with Gasteiger partial charge >= 0.3 is 5.97 Å². The van der Waals surface area contributed by atoms with Crippen LogP contribution in [-0.4, -0.2) is 61.5 Å². The number of carbonyl (C=O) groups is 1. The highest BCUT2D eigenvalue weighted by Gasteiger charge is 2.36. The van der Waals surface area contributed by atoms with Gasteiger partial charge in [-0.25, -0.2) is 0 Å². The van der Waals surface area contributed by atoms with Gasteiger partial charge in [-0.3, -0.25) is 4.79 Å². The number of carbonyl (C=O) groups excluding carboxylic acids is 1. The van der Waals surface area contributed by atoms with Gasteiger partial charge in [0.1, 0.15) is 0 Å². The molecule has 0 saturated carbocycles. The lowest BCUT2D eigenvalue weighted by atomic mass is 9.83. The summed E-state index contributed by atoms with van der Waals surface area (Å²) < 4.78 is 12.4. The fourth-order valence-corrected chi connectivity index (χ4v) is 8.78.